The molecule has 0 radical (unpaired) electrons. The Labute approximate surface area is 317 Å². The van der Waals surface area contributed by atoms with Gasteiger partial charge in [-0.05, 0) is 73.6 Å². The summed E-state index contributed by atoms with van der Waals surface area (Å²) >= 11 is -3.06. The number of carboxylic acid groups (broad SMARTS) is 1. The summed E-state index contributed by atoms with van der Waals surface area (Å²) in [6.07, 6.45) is 0.101. The van der Waals surface area contributed by atoms with Gasteiger partial charge in [-0.15, -0.1) is 0 Å². The number of aliphatic carboxylic acids is 1. The number of carboxylic acids is 1. The molecule has 1 aromatic carbocycles. The number of rotatable bonds is 18. The summed E-state index contributed by atoms with van der Waals surface area (Å²) in [4.78, 5) is 51.5. The van der Waals surface area contributed by atoms with Gasteiger partial charge in [-0.25, -0.2) is 14.8 Å². The molecule has 1 aromatic rings. The fourth-order valence-electron chi connectivity index (χ4n) is 6.36. The Hall–Kier alpha value is -4.11. The van der Waals surface area contributed by atoms with E-state index in [-0.39, 0.29) is 55.2 Å². The molecule has 0 aromatic heterocycles. The number of hydrazine groups is 1. The predicted octanol–water partition coefficient (Wildman–Crippen LogP) is 1.31. The predicted molar refractivity (Wildman–Crippen MR) is 193 cm³/mol. The van der Waals surface area contributed by atoms with Crippen LogP contribution in [-0.4, -0.2) is 125 Å². The molecule has 4 atom stereocenters. The number of aliphatic hydroxyl groups excluding tert-OH is 1. The number of carbonyl (C=O) groups excluding carboxylic acids is 3. The number of ether oxygens (including phenoxy) is 4. The van der Waals surface area contributed by atoms with E-state index in [0.717, 1.165) is 11.0 Å². The average Bonchev–Trinajstić information content (AvgIpc) is 3.30. The molecule has 18 nitrogen and oxygen atoms in total. The number of aliphatic hydroxyl groups is 1. The lowest BCUT2D eigenvalue weighted by atomic mass is 10.0. The molecule has 2 heterocycles. The smallest absolute Gasteiger partial charge is 0.333 e. The molecule has 0 aliphatic carbocycles. The Kier molecular flexibility index (Phi) is 14.1. The summed E-state index contributed by atoms with van der Waals surface area (Å²) in [6.45, 7) is 14.4. The zero-order valence-corrected chi connectivity index (χ0v) is 32.8. The number of imide groups is 1. The van der Waals surface area contributed by atoms with E-state index in [9.17, 15) is 38.2 Å². The molecule has 1 unspecified atom stereocenters. The van der Waals surface area contributed by atoms with Crippen LogP contribution in [0.15, 0.2) is 42.2 Å². The van der Waals surface area contributed by atoms with Crippen molar-refractivity contribution in [2.75, 3.05) is 26.7 Å². The molecule has 2 aliphatic rings. The summed E-state index contributed by atoms with van der Waals surface area (Å²) < 4.78 is 51.5. The minimum absolute atomic E-state index is 0.0154. The van der Waals surface area contributed by atoms with Crippen molar-refractivity contribution in [2.45, 2.75) is 109 Å². The van der Waals surface area contributed by atoms with Gasteiger partial charge >= 0.3 is 5.97 Å². The van der Waals surface area contributed by atoms with E-state index in [1.54, 1.807) is 41.5 Å². The summed E-state index contributed by atoms with van der Waals surface area (Å²) in [5.74, 6) is 3.19. The number of carbonyl (C=O) groups is 4. The second-order valence-corrected chi connectivity index (χ2v) is 16.2. The largest absolute Gasteiger partial charge is 0.740 e. The monoisotopic (exact) mass is 782 g/mol. The first-order chi connectivity index (χ1) is 24.7. The van der Waals surface area contributed by atoms with Crippen molar-refractivity contribution in [3.8, 4) is 11.5 Å². The van der Waals surface area contributed by atoms with Gasteiger partial charge in [0.05, 0.1) is 41.7 Å². The minimum Gasteiger partial charge on any atom is -0.740 e. The van der Waals surface area contributed by atoms with Gasteiger partial charge in [0.2, 0.25) is 6.29 Å². The van der Waals surface area contributed by atoms with E-state index in [4.69, 9.17) is 34.7 Å². The molecule has 0 saturated carbocycles. The third kappa shape index (κ3) is 12.7. The van der Waals surface area contributed by atoms with Gasteiger partial charge in [-0.2, -0.15) is 0 Å². The summed E-state index contributed by atoms with van der Waals surface area (Å²) in [7, 11) is 1.54. The van der Waals surface area contributed by atoms with Gasteiger partial charge in [-0.1, -0.05) is 0 Å². The summed E-state index contributed by atoms with van der Waals surface area (Å²) in [5.41, 5.74) is 2.91. The molecule has 3 amide bonds. The lowest BCUT2D eigenvalue weighted by Crippen LogP contribution is -2.51. The lowest BCUT2D eigenvalue weighted by molar-refractivity contribution is -0.195. The number of nitrogens with two attached hydrogens (primary N) is 2. The Morgan fingerprint density at radius 1 is 1.00 bits per heavy atom. The molecule has 3 rings (SSSR count). The van der Waals surface area contributed by atoms with Crippen molar-refractivity contribution in [2.24, 2.45) is 11.6 Å². The topological polar surface area (TPSA) is 257 Å². The first kappa shape index (κ1) is 44.3. The van der Waals surface area contributed by atoms with Gasteiger partial charge in [-0.3, -0.25) is 19.3 Å². The Morgan fingerprint density at radius 3 is 2.17 bits per heavy atom. The van der Waals surface area contributed by atoms with Crippen LogP contribution in [0.25, 0.3) is 0 Å². The highest BCUT2D eigenvalue weighted by atomic mass is 32.2. The van der Waals surface area contributed by atoms with E-state index in [0.29, 0.717) is 0 Å². The van der Waals surface area contributed by atoms with Crippen molar-refractivity contribution in [1.29, 1.82) is 0 Å². The van der Waals surface area contributed by atoms with Crippen LogP contribution in [0, 0.1) is 0 Å². The third-order valence-electron chi connectivity index (χ3n) is 8.20. The van der Waals surface area contributed by atoms with Crippen molar-refractivity contribution >= 4 is 35.1 Å². The Bertz CT molecular complexity index is 1640. The highest BCUT2D eigenvalue weighted by Crippen LogP contribution is 2.33. The maximum atomic E-state index is 13.5. The summed E-state index contributed by atoms with van der Waals surface area (Å²) in [6, 6.07) is 3.82. The molecule has 2 aliphatic heterocycles. The highest BCUT2D eigenvalue weighted by molar-refractivity contribution is 7.74. The molecular formula is C35H52N5O13S-. The van der Waals surface area contributed by atoms with E-state index >= 15 is 0 Å². The minimum atomic E-state index is -3.06. The summed E-state index contributed by atoms with van der Waals surface area (Å²) in [5, 5.41) is 20.7. The number of likely N-dealkylation sites (N-methyl/N-ethyl adjacent to an activating group) is 1. The van der Waals surface area contributed by atoms with Crippen LogP contribution in [-0.2, 0) is 40.0 Å². The van der Waals surface area contributed by atoms with Crippen LogP contribution in [0.1, 0.15) is 78.6 Å². The zero-order chi connectivity index (χ0) is 41.0. The van der Waals surface area contributed by atoms with Crippen molar-refractivity contribution in [3.63, 3.8) is 0 Å². The first-order valence-corrected chi connectivity index (χ1v) is 18.0. The molecule has 6 N–H and O–H groups in total. The van der Waals surface area contributed by atoms with E-state index in [1.807, 2.05) is 13.8 Å². The molecule has 1 fully saturated rings. The maximum Gasteiger partial charge on any atom is 0.333 e. The van der Waals surface area contributed by atoms with E-state index in [2.05, 4.69) is 0 Å². The zero-order valence-electron chi connectivity index (χ0n) is 32.0. The first-order valence-electron chi connectivity index (χ1n) is 17.0. The molecule has 54 heavy (non-hydrogen) atoms. The maximum absolute atomic E-state index is 13.5. The van der Waals surface area contributed by atoms with Crippen LogP contribution >= 0.6 is 0 Å². The van der Waals surface area contributed by atoms with Gasteiger partial charge in [0.25, 0.3) is 17.7 Å². The number of nitrogens with zero attached hydrogens (tertiary/aromatic N) is 3. The lowest BCUT2D eigenvalue weighted by Gasteiger charge is -2.40. The van der Waals surface area contributed by atoms with E-state index < -0.39 is 76.0 Å². The van der Waals surface area contributed by atoms with Crippen LogP contribution < -0.4 is 20.5 Å². The molecular weight excluding hydrogens is 730 g/mol. The molecule has 19 heteroatoms. The molecule has 302 valence electrons. The van der Waals surface area contributed by atoms with Crippen molar-refractivity contribution < 1.29 is 61.3 Å². The quantitative estimate of drug-likeness (QED) is 0.0708. The standard InChI is InChI=1S/C35H53N5O13S/c1-32(2,52-33(3,4)19-39(37)17-26(36)35(7,8)53-34(5,6)20-40-27(42)12-13-28(40)43)18-38(9)30(44)21-10-11-23(24(14-21)51-54(47)48)49-29-16-22(41)15-25(50-29)31(45)46/h10-14,17,22,25,29,41H,15-16,18-20,36-37H2,1-9H3,(H,45,46)(H,47,48)/p-1/b26-17-/t22-,25-,29+/m0/s1. The average molecular weight is 783 g/mol. The van der Waals surface area contributed by atoms with Gasteiger partial charge in [0.15, 0.2) is 17.6 Å². The van der Waals surface area contributed by atoms with Crippen LogP contribution in [0.5, 0.6) is 11.5 Å². The van der Waals surface area contributed by atoms with Gasteiger partial charge in [0, 0.05) is 50.3 Å². The number of hydrogen-bond acceptors (Lipinski definition) is 15. The van der Waals surface area contributed by atoms with Crippen LogP contribution in [0.3, 0.4) is 0 Å². The number of amides is 3. The second kappa shape index (κ2) is 17.1. The molecule has 0 spiro atoms. The van der Waals surface area contributed by atoms with Gasteiger partial charge in [0.1, 0.15) is 17.0 Å². The SMILES string of the molecule is CN(CC(C)(C)OC(C)(C)CN(N)/C=C(\N)C(C)(C)OC(C)(C)CN1C(=O)C=CC1=O)C(=O)c1ccc(O[C@H]2C[C@@H](O)C[C@@H](C(=O)O)O2)c(OS(=O)[O-])c1. The van der Waals surface area contributed by atoms with Crippen molar-refractivity contribution in [1.82, 2.24) is 14.8 Å². The Balaban J connectivity index is 1.64. The number of benzene rings is 1. The normalized spacial score (nSPS) is 20.6. The second-order valence-electron chi connectivity index (χ2n) is 15.6. The fraction of sp³-hybridized carbons (Fsp3) is 0.600. The van der Waals surface area contributed by atoms with E-state index in [1.165, 1.54) is 47.4 Å². The van der Waals surface area contributed by atoms with Crippen molar-refractivity contribution in [3.05, 3.63) is 47.8 Å². The van der Waals surface area contributed by atoms with Gasteiger partial charge < -0.3 is 53.5 Å². The molecule has 1 saturated heterocycles. The molecule has 0 bridgehead atoms. The van der Waals surface area contributed by atoms with Crippen LogP contribution in [0.2, 0.25) is 0 Å². The third-order valence-corrected chi connectivity index (χ3v) is 8.52. The Morgan fingerprint density at radius 2 is 1.59 bits per heavy atom. The number of hydrogen-bond donors (Lipinski definition) is 4. The fourth-order valence-corrected chi connectivity index (χ4v) is 6.64. The van der Waals surface area contributed by atoms with Crippen LogP contribution in [0.4, 0.5) is 0 Å². The highest BCUT2D eigenvalue weighted by Gasteiger charge is 2.38.